The lowest BCUT2D eigenvalue weighted by Crippen LogP contribution is -2.52. The first-order valence-electron chi connectivity index (χ1n) is 12.3. The average molecular weight is 510 g/mol. The molecule has 0 spiro atoms. The van der Waals surface area contributed by atoms with E-state index in [9.17, 15) is 24.3 Å². The highest BCUT2D eigenvalue weighted by atomic mass is 16.7. The Kier molecular flexibility index (Phi) is 12.9. The Bertz CT molecular complexity index is 901. The average Bonchev–Trinajstić information content (AvgIpc) is 2.79. The number of benzene rings is 1. The van der Waals surface area contributed by atoms with Crippen molar-refractivity contribution in [3.05, 3.63) is 23.8 Å². The van der Waals surface area contributed by atoms with Crippen LogP contribution in [-0.4, -0.2) is 47.4 Å². The summed E-state index contributed by atoms with van der Waals surface area (Å²) >= 11 is 0. The molecule has 0 aromatic heterocycles. The standard InChI is InChI=1S/C26H39NO9/c1-6-9-22(28)35-20-12-11-19(13-21(20)36-23(29)10-7-2)15-26(27,24(30)31)14-18(5)34-25(32)33-16-17(4)8-3/h11-13,17-18H,6-10,14-16,27H2,1-5H3,(H,30,31)/t17?,18-,26?/m0/s1. The van der Waals surface area contributed by atoms with Gasteiger partial charge in [0.2, 0.25) is 0 Å². The van der Waals surface area contributed by atoms with Crippen LogP contribution in [0.15, 0.2) is 18.2 Å². The molecule has 0 aliphatic heterocycles. The third-order valence-electron chi connectivity index (χ3n) is 5.44. The molecule has 1 aromatic carbocycles. The molecule has 0 fully saturated rings. The molecule has 10 nitrogen and oxygen atoms in total. The van der Waals surface area contributed by atoms with Gasteiger partial charge in [0.15, 0.2) is 11.5 Å². The molecule has 3 N–H and O–H groups in total. The quantitative estimate of drug-likeness (QED) is 0.257. The van der Waals surface area contributed by atoms with Crippen molar-refractivity contribution in [1.82, 2.24) is 0 Å². The van der Waals surface area contributed by atoms with Gasteiger partial charge in [-0.1, -0.05) is 40.2 Å². The van der Waals surface area contributed by atoms with Crippen molar-refractivity contribution in [3.63, 3.8) is 0 Å². The first-order valence-corrected chi connectivity index (χ1v) is 12.3. The van der Waals surface area contributed by atoms with Crippen molar-refractivity contribution in [2.45, 2.75) is 91.2 Å². The van der Waals surface area contributed by atoms with Crippen LogP contribution in [0.25, 0.3) is 0 Å². The van der Waals surface area contributed by atoms with Crippen molar-refractivity contribution in [2.24, 2.45) is 11.7 Å². The van der Waals surface area contributed by atoms with Crippen LogP contribution in [0.2, 0.25) is 0 Å². The predicted octanol–water partition coefficient (Wildman–Crippen LogP) is 4.40. The Morgan fingerprint density at radius 2 is 1.56 bits per heavy atom. The minimum atomic E-state index is -1.80. The zero-order valence-electron chi connectivity index (χ0n) is 21.8. The van der Waals surface area contributed by atoms with Gasteiger partial charge in [0, 0.05) is 25.7 Å². The molecule has 0 saturated carbocycles. The predicted molar refractivity (Wildman–Crippen MR) is 132 cm³/mol. The van der Waals surface area contributed by atoms with E-state index in [-0.39, 0.29) is 49.7 Å². The number of carbonyl (C=O) groups is 4. The third-order valence-corrected chi connectivity index (χ3v) is 5.44. The summed E-state index contributed by atoms with van der Waals surface area (Å²) in [5.41, 5.74) is 4.85. The molecule has 3 atom stereocenters. The van der Waals surface area contributed by atoms with Crippen LogP contribution in [0.4, 0.5) is 4.79 Å². The minimum Gasteiger partial charge on any atom is -0.480 e. The first kappa shape index (κ1) is 30.9. The maximum absolute atomic E-state index is 12.1. The number of ether oxygens (including phenoxy) is 4. The fourth-order valence-electron chi connectivity index (χ4n) is 3.26. The Balaban J connectivity index is 3.05. The van der Waals surface area contributed by atoms with Crippen LogP contribution in [0.1, 0.15) is 78.7 Å². The largest absolute Gasteiger partial charge is 0.508 e. The molecule has 1 aromatic rings. The normalized spacial score (nSPS) is 14.2. The molecule has 36 heavy (non-hydrogen) atoms. The van der Waals surface area contributed by atoms with Crippen LogP contribution in [0, 0.1) is 5.92 Å². The summed E-state index contributed by atoms with van der Waals surface area (Å²) in [6.45, 7) is 9.27. The summed E-state index contributed by atoms with van der Waals surface area (Å²) in [6.07, 6.45) is 0.231. The van der Waals surface area contributed by atoms with E-state index in [2.05, 4.69) is 0 Å². The molecule has 0 amide bonds. The molecule has 0 heterocycles. The van der Waals surface area contributed by atoms with Gasteiger partial charge >= 0.3 is 24.1 Å². The van der Waals surface area contributed by atoms with Crippen LogP contribution in [0.3, 0.4) is 0 Å². The molecule has 0 aliphatic rings. The van der Waals surface area contributed by atoms with E-state index < -0.39 is 35.7 Å². The van der Waals surface area contributed by atoms with Crippen LogP contribution in [0.5, 0.6) is 11.5 Å². The number of hydrogen-bond donors (Lipinski definition) is 2. The zero-order chi connectivity index (χ0) is 27.3. The topological polar surface area (TPSA) is 151 Å². The summed E-state index contributed by atoms with van der Waals surface area (Å²) in [7, 11) is 0. The van der Waals surface area contributed by atoms with Gasteiger partial charge in [-0.2, -0.15) is 0 Å². The van der Waals surface area contributed by atoms with Crippen LogP contribution < -0.4 is 15.2 Å². The molecule has 10 heteroatoms. The molecule has 0 saturated heterocycles. The van der Waals surface area contributed by atoms with Gasteiger partial charge in [-0.25, -0.2) is 4.79 Å². The van der Waals surface area contributed by atoms with Crippen LogP contribution >= 0.6 is 0 Å². The lowest BCUT2D eigenvalue weighted by Gasteiger charge is -2.28. The van der Waals surface area contributed by atoms with Crippen molar-refractivity contribution < 1.29 is 43.2 Å². The van der Waals surface area contributed by atoms with Crippen molar-refractivity contribution in [2.75, 3.05) is 6.61 Å². The highest BCUT2D eigenvalue weighted by Crippen LogP contribution is 2.31. The van der Waals surface area contributed by atoms with E-state index in [1.807, 2.05) is 27.7 Å². The zero-order valence-corrected chi connectivity index (χ0v) is 21.8. The molecule has 2 unspecified atom stereocenters. The molecular formula is C26H39NO9. The maximum atomic E-state index is 12.1. The van der Waals surface area contributed by atoms with Gasteiger partial charge in [-0.05, 0) is 43.4 Å². The fourth-order valence-corrected chi connectivity index (χ4v) is 3.26. The summed E-state index contributed by atoms with van der Waals surface area (Å²) in [4.78, 5) is 48.1. The smallest absolute Gasteiger partial charge is 0.480 e. The molecular weight excluding hydrogens is 470 g/mol. The Morgan fingerprint density at radius 1 is 0.972 bits per heavy atom. The highest BCUT2D eigenvalue weighted by molar-refractivity contribution is 5.79. The van der Waals surface area contributed by atoms with Gasteiger partial charge in [-0.15, -0.1) is 0 Å². The monoisotopic (exact) mass is 509 g/mol. The van der Waals surface area contributed by atoms with Gasteiger partial charge in [0.05, 0.1) is 6.61 Å². The number of esters is 2. The maximum Gasteiger partial charge on any atom is 0.508 e. The van der Waals surface area contributed by atoms with E-state index in [0.717, 1.165) is 6.42 Å². The SMILES string of the molecule is CCCC(=O)Oc1ccc(CC(N)(C[C@H](C)OC(=O)OCC(C)CC)C(=O)O)cc1OC(=O)CCC. The van der Waals surface area contributed by atoms with Crippen molar-refractivity contribution in [3.8, 4) is 11.5 Å². The fraction of sp³-hybridized carbons (Fsp3) is 0.615. The number of nitrogens with two attached hydrogens (primary N) is 1. The molecule has 0 bridgehead atoms. The minimum absolute atomic E-state index is 0.000983. The van der Waals surface area contributed by atoms with E-state index in [1.165, 1.54) is 19.1 Å². The third kappa shape index (κ3) is 10.6. The van der Waals surface area contributed by atoms with Crippen molar-refractivity contribution >= 4 is 24.1 Å². The Hall–Kier alpha value is -3.14. The summed E-state index contributed by atoms with van der Waals surface area (Å²) in [5, 5.41) is 9.85. The second kappa shape index (κ2) is 15.1. The van der Waals surface area contributed by atoms with Gasteiger partial charge in [0.25, 0.3) is 0 Å². The number of carboxylic acids is 1. The second-order valence-corrected chi connectivity index (χ2v) is 9.07. The van der Waals surface area contributed by atoms with Crippen LogP contribution in [-0.2, 0) is 30.3 Å². The molecule has 1 rings (SSSR count). The lowest BCUT2D eigenvalue weighted by atomic mass is 9.86. The summed E-state index contributed by atoms with van der Waals surface area (Å²) in [5.74, 6) is -2.07. The number of rotatable bonds is 15. The van der Waals surface area contributed by atoms with E-state index in [4.69, 9.17) is 24.7 Å². The number of aliphatic carboxylic acids is 1. The highest BCUT2D eigenvalue weighted by Gasteiger charge is 2.37. The van der Waals surface area contributed by atoms with Gasteiger partial charge in [0.1, 0.15) is 11.6 Å². The van der Waals surface area contributed by atoms with E-state index in [1.54, 1.807) is 6.07 Å². The summed E-state index contributed by atoms with van der Waals surface area (Å²) in [6, 6.07) is 4.41. The van der Waals surface area contributed by atoms with E-state index in [0.29, 0.717) is 18.4 Å². The Labute approximate surface area is 212 Å². The van der Waals surface area contributed by atoms with Crippen molar-refractivity contribution in [1.29, 1.82) is 0 Å². The second-order valence-electron chi connectivity index (χ2n) is 9.07. The number of carbonyl (C=O) groups excluding carboxylic acids is 3. The van der Waals surface area contributed by atoms with E-state index >= 15 is 0 Å². The van der Waals surface area contributed by atoms with Gasteiger partial charge < -0.3 is 29.8 Å². The summed E-state index contributed by atoms with van der Waals surface area (Å²) < 4.78 is 20.9. The molecule has 0 aliphatic carbocycles. The Morgan fingerprint density at radius 3 is 2.08 bits per heavy atom. The van der Waals surface area contributed by atoms with Gasteiger partial charge in [-0.3, -0.25) is 14.4 Å². The lowest BCUT2D eigenvalue weighted by molar-refractivity contribution is -0.144. The molecule has 0 radical (unpaired) electrons. The molecule has 202 valence electrons. The number of carboxylic acid groups (broad SMARTS) is 1. The first-order chi connectivity index (χ1) is 16.9. The number of hydrogen-bond acceptors (Lipinski definition) is 9.